The maximum Gasteiger partial charge on any atom is 0.226 e. The van der Waals surface area contributed by atoms with E-state index in [1.807, 2.05) is 50.2 Å². The van der Waals surface area contributed by atoms with E-state index in [9.17, 15) is 4.79 Å². The average Bonchev–Trinajstić information content (AvgIpc) is 2.96. The van der Waals surface area contributed by atoms with Crippen LogP contribution in [0.1, 0.15) is 56.3 Å². The van der Waals surface area contributed by atoms with Crippen molar-refractivity contribution < 1.29 is 19.0 Å². The average molecular weight is 517 g/mol. The second-order valence-electron chi connectivity index (χ2n) is 10.2. The first-order chi connectivity index (χ1) is 18.5. The molecule has 1 aliphatic rings. The largest absolute Gasteiger partial charge is 0.493 e. The number of likely N-dealkylation sites (tertiary alicyclic amines) is 1. The number of ether oxygens (including phenoxy) is 3. The van der Waals surface area contributed by atoms with Gasteiger partial charge in [-0.05, 0) is 67.2 Å². The van der Waals surface area contributed by atoms with Crippen molar-refractivity contribution in [1.29, 1.82) is 0 Å². The van der Waals surface area contributed by atoms with E-state index in [-0.39, 0.29) is 17.9 Å². The lowest BCUT2D eigenvalue weighted by Crippen LogP contribution is -2.34. The summed E-state index contributed by atoms with van der Waals surface area (Å²) < 4.78 is 17.3. The SMILES string of the molecule is COc1ccc(OC(CCN2CCC(c3cccc(NC(=O)C(C)C)c3)CC2)c2ccccc2)cc1OC. The van der Waals surface area contributed by atoms with Gasteiger partial charge >= 0.3 is 0 Å². The van der Waals surface area contributed by atoms with Gasteiger partial charge in [0.25, 0.3) is 0 Å². The first-order valence-electron chi connectivity index (χ1n) is 13.5. The van der Waals surface area contributed by atoms with Crippen molar-refractivity contribution in [3.63, 3.8) is 0 Å². The van der Waals surface area contributed by atoms with Crippen LogP contribution in [0.2, 0.25) is 0 Å². The summed E-state index contributed by atoms with van der Waals surface area (Å²) in [4.78, 5) is 14.6. The Hall–Kier alpha value is -3.51. The predicted molar refractivity (Wildman–Crippen MR) is 152 cm³/mol. The Kier molecular flexibility index (Phi) is 9.66. The Morgan fingerprint density at radius 1 is 0.921 bits per heavy atom. The van der Waals surface area contributed by atoms with Crippen LogP contribution in [-0.2, 0) is 4.79 Å². The van der Waals surface area contributed by atoms with Crippen LogP contribution in [0.15, 0.2) is 72.8 Å². The van der Waals surface area contributed by atoms with Crippen LogP contribution in [0, 0.1) is 5.92 Å². The molecule has 1 heterocycles. The number of rotatable bonds is 11. The summed E-state index contributed by atoms with van der Waals surface area (Å²) in [5.41, 5.74) is 3.37. The zero-order chi connectivity index (χ0) is 26.9. The van der Waals surface area contributed by atoms with Gasteiger partial charge in [0.05, 0.1) is 14.2 Å². The third-order valence-electron chi connectivity index (χ3n) is 7.25. The van der Waals surface area contributed by atoms with Crippen molar-refractivity contribution in [2.45, 2.75) is 45.1 Å². The van der Waals surface area contributed by atoms with E-state index in [4.69, 9.17) is 14.2 Å². The highest BCUT2D eigenvalue weighted by Crippen LogP contribution is 2.34. The van der Waals surface area contributed by atoms with Crippen molar-refractivity contribution in [3.8, 4) is 17.2 Å². The number of carbonyl (C=O) groups is 1. The van der Waals surface area contributed by atoms with Gasteiger partial charge in [-0.3, -0.25) is 4.79 Å². The zero-order valence-electron chi connectivity index (χ0n) is 23.0. The Morgan fingerprint density at radius 3 is 2.34 bits per heavy atom. The van der Waals surface area contributed by atoms with Gasteiger partial charge in [-0.1, -0.05) is 56.3 Å². The Labute approximate surface area is 226 Å². The van der Waals surface area contributed by atoms with Crippen molar-refractivity contribution in [2.75, 3.05) is 39.2 Å². The first kappa shape index (κ1) is 27.5. The topological polar surface area (TPSA) is 60.0 Å². The Balaban J connectivity index is 1.35. The number of methoxy groups -OCH3 is 2. The van der Waals surface area contributed by atoms with E-state index in [0.29, 0.717) is 17.4 Å². The molecule has 0 saturated carbocycles. The third kappa shape index (κ3) is 7.29. The molecule has 1 N–H and O–H groups in total. The molecule has 4 rings (SSSR count). The number of benzene rings is 3. The molecule has 1 atom stereocenters. The number of carbonyl (C=O) groups excluding carboxylic acids is 1. The molecule has 3 aromatic carbocycles. The smallest absolute Gasteiger partial charge is 0.226 e. The van der Waals surface area contributed by atoms with E-state index in [1.165, 1.54) is 5.56 Å². The lowest BCUT2D eigenvalue weighted by atomic mass is 9.89. The minimum Gasteiger partial charge on any atom is -0.493 e. The van der Waals surface area contributed by atoms with Crippen LogP contribution in [0.4, 0.5) is 5.69 Å². The number of amides is 1. The van der Waals surface area contributed by atoms with Crippen LogP contribution in [-0.4, -0.2) is 44.7 Å². The van der Waals surface area contributed by atoms with E-state index in [0.717, 1.165) is 55.9 Å². The van der Waals surface area contributed by atoms with Gasteiger partial charge in [-0.2, -0.15) is 0 Å². The summed E-state index contributed by atoms with van der Waals surface area (Å²) in [5.74, 6) is 2.64. The fraction of sp³-hybridized carbons (Fsp3) is 0.406. The number of nitrogens with one attached hydrogen (secondary N) is 1. The molecule has 1 fully saturated rings. The standard InChI is InChI=1S/C32H40N2O4/c1-23(2)32(35)33-27-12-8-11-26(21-27)24-15-18-34(19-16-24)20-17-29(25-9-6-5-7-10-25)38-28-13-14-30(36-3)31(22-28)37-4/h5-14,21-24,29H,15-20H2,1-4H3,(H,33,35). The quantitative estimate of drug-likeness (QED) is 0.308. The van der Waals surface area contributed by atoms with Gasteiger partial charge in [0.1, 0.15) is 11.9 Å². The third-order valence-corrected chi connectivity index (χ3v) is 7.25. The second kappa shape index (κ2) is 13.3. The van der Waals surface area contributed by atoms with E-state index < -0.39 is 0 Å². The molecular weight excluding hydrogens is 476 g/mol. The van der Waals surface area contributed by atoms with Gasteiger partial charge in [0.15, 0.2) is 11.5 Å². The lowest BCUT2D eigenvalue weighted by Gasteiger charge is -2.33. The maximum atomic E-state index is 12.1. The monoisotopic (exact) mass is 516 g/mol. The molecule has 6 heteroatoms. The molecule has 0 bridgehead atoms. The summed E-state index contributed by atoms with van der Waals surface area (Å²) in [6.45, 7) is 6.88. The van der Waals surface area contributed by atoms with Crippen LogP contribution >= 0.6 is 0 Å². The van der Waals surface area contributed by atoms with E-state index in [1.54, 1.807) is 14.2 Å². The molecule has 0 aliphatic carbocycles. The number of piperidine rings is 1. The van der Waals surface area contributed by atoms with Gasteiger partial charge < -0.3 is 24.4 Å². The molecule has 38 heavy (non-hydrogen) atoms. The fourth-order valence-corrected chi connectivity index (χ4v) is 4.96. The molecule has 6 nitrogen and oxygen atoms in total. The number of anilines is 1. The van der Waals surface area contributed by atoms with E-state index >= 15 is 0 Å². The van der Waals surface area contributed by atoms with Crippen LogP contribution in [0.5, 0.6) is 17.2 Å². The minimum atomic E-state index is -0.0618. The number of hydrogen-bond acceptors (Lipinski definition) is 5. The molecule has 0 radical (unpaired) electrons. The van der Waals surface area contributed by atoms with Gasteiger partial charge in [0, 0.05) is 30.6 Å². The summed E-state index contributed by atoms with van der Waals surface area (Å²) in [7, 11) is 3.27. The zero-order valence-corrected chi connectivity index (χ0v) is 23.0. The van der Waals surface area contributed by atoms with Crippen LogP contribution < -0.4 is 19.5 Å². The highest BCUT2D eigenvalue weighted by atomic mass is 16.5. The summed E-state index contributed by atoms with van der Waals surface area (Å²) in [6, 6.07) is 24.5. The van der Waals surface area contributed by atoms with Crippen LogP contribution in [0.25, 0.3) is 0 Å². The Morgan fingerprint density at radius 2 is 1.66 bits per heavy atom. The van der Waals surface area contributed by atoms with Gasteiger partial charge in [0.2, 0.25) is 5.91 Å². The molecule has 1 amide bonds. The van der Waals surface area contributed by atoms with Gasteiger partial charge in [-0.15, -0.1) is 0 Å². The Bertz CT molecular complexity index is 1170. The maximum absolute atomic E-state index is 12.1. The summed E-state index contributed by atoms with van der Waals surface area (Å²) >= 11 is 0. The van der Waals surface area contributed by atoms with Crippen LogP contribution in [0.3, 0.4) is 0 Å². The van der Waals surface area contributed by atoms with Crippen molar-refractivity contribution in [2.24, 2.45) is 5.92 Å². The van der Waals surface area contributed by atoms with Crippen molar-refractivity contribution in [1.82, 2.24) is 4.90 Å². The molecule has 0 spiro atoms. The molecule has 1 aliphatic heterocycles. The van der Waals surface area contributed by atoms with Gasteiger partial charge in [-0.25, -0.2) is 0 Å². The first-order valence-corrected chi connectivity index (χ1v) is 13.5. The van der Waals surface area contributed by atoms with Crippen molar-refractivity contribution in [3.05, 3.63) is 83.9 Å². The second-order valence-corrected chi connectivity index (χ2v) is 10.2. The fourth-order valence-electron chi connectivity index (χ4n) is 4.96. The molecule has 1 saturated heterocycles. The van der Waals surface area contributed by atoms with E-state index in [2.05, 4.69) is 46.6 Å². The number of hydrogen-bond donors (Lipinski definition) is 1. The minimum absolute atomic E-state index is 0.0302. The summed E-state index contributed by atoms with van der Waals surface area (Å²) in [5, 5.41) is 3.03. The molecular formula is C32H40N2O4. The molecule has 0 aromatic heterocycles. The molecule has 3 aromatic rings. The van der Waals surface area contributed by atoms with Crippen molar-refractivity contribution >= 4 is 11.6 Å². The lowest BCUT2D eigenvalue weighted by molar-refractivity contribution is -0.118. The number of nitrogens with zero attached hydrogens (tertiary/aromatic N) is 1. The molecule has 1 unspecified atom stereocenters. The summed E-state index contributed by atoms with van der Waals surface area (Å²) in [6.07, 6.45) is 3.04. The highest BCUT2D eigenvalue weighted by molar-refractivity contribution is 5.92. The molecule has 202 valence electrons. The highest BCUT2D eigenvalue weighted by Gasteiger charge is 2.23. The predicted octanol–water partition coefficient (Wildman–Crippen LogP) is 6.69. The normalized spacial score (nSPS) is 15.2.